The standard InChI is InChI=1S/C24H22F4N4O3/c25-20-10-19(32-23(34)22(33)14-2-1-3-17(8-14)24(26,27)28)9-15(11-29)21(20)16(12-30)13-31-18-4-6-35-7-5-18/h1-3,8-10,12-13,18,22,33H,4-7,30H2,(H,32,34)/b16-12+,31-13?. The number of hydrogen-bond acceptors (Lipinski definition) is 6. The molecule has 11 heteroatoms. The summed E-state index contributed by atoms with van der Waals surface area (Å²) < 4.78 is 59.0. The molecule has 7 nitrogen and oxygen atoms in total. The molecule has 184 valence electrons. The lowest BCUT2D eigenvalue weighted by molar-refractivity contribution is -0.138. The minimum absolute atomic E-state index is 0.0248. The predicted octanol–water partition coefficient (Wildman–Crippen LogP) is 3.94. The van der Waals surface area contributed by atoms with Crippen LogP contribution in [0, 0.1) is 17.1 Å². The fraction of sp³-hybridized carbons (Fsp3) is 0.292. The van der Waals surface area contributed by atoms with Crippen LogP contribution >= 0.6 is 0 Å². The van der Waals surface area contributed by atoms with Gasteiger partial charge in [0.25, 0.3) is 5.91 Å². The Bertz CT molecular complexity index is 1180. The number of nitrogens with two attached hydrogens (primary N) is 1. The SMILES string of the molecule is N#Cc1cc(NC(=O)C(O)c2cccc(C(F)(F)F)c2)cc(F)c1/C(C=NC1CCOCC1)=C/N. The van der Waals surface area contributed by atoms with E-state index in [0.29, 0.717) is 32.1 Å². The molecule has 1 amide bonds. The van der Waals surface area contributed by atoms with Gasteiger partial charge < -0.3 is 20.9 Å². The third-order valence-electron chi connectivity index (χ3n) is 5.34. The Morgan fingerprint density at radius 1 is 1.29 bits per heavy atom. The van der Waals surface area contributed by atoms with Crippen LogP contribution in [0.2, 0.25) is 0 Å². The first-order valence-electron chi connectivity index (χ1n) is 10.6. The van der Waals surface area contributed by atoms with Crippen molar-refractivity contribution in [1.29, 1.82) is 5.26 Å². The Labute approximate surface area is 198 Å². The minimum atomic E-state index is -4.66. The van der Waals surface area contributed by atoms with Crippen LogP contribution in [-0.4, -0.2) is 36.5 Å². The molecule has 0 aliphatic carbocycles. The number of nitrogens with zero attached hydrogens (tertiary/aromatic N) is 2. The average Bonchev–Trinajstić information content (AvgIpc) is 2.84. The van der Waals surface area contributed by atoms with Crippen molar-refractivity contribution in [2.75, 3.05) is 18.5 Å². The molecule has 0 bridgehead atoms. The second-order valence-corrected chi connectivity index (χ2v) is 7.75. The van der Waals surface area contributed by atoms with Crippen LogP contribution in [0.1, 0.15) is 41.2 Å². The molecule has 1 heterocycles. The summed E-state index contributed by atoms with van der Waals surface area (Å²) in [6.45, 7) is 1.12. The molecule has 1 atom stereocenters. The quantitative estimate of drug-likeness (QED) is 0.419. The number of rotatable bonds is 6. The van der Waals surface area contributed by atoms with Crippen molar-refractivity contribution in [3.63, 3.8) is 0 Å². The highest BCUT2D eigenvalue weighted by Crippen LogP contribution is 2.31. The Morgan fingerprint density at radius 3 is 2.63 bits per heavy atom. The van der Waals surface area contributed by atoms with Crippen molar-refractivity contribution in [3.8, 4) is 6.07 Å². The molecule has 2 aromatic carbocycles. The number of allylic oxidation sites excluding steroid dienone is 1. The highest BCUT2D eigenvalue weighted by atomic mass is 19.4. The second-order valence-electron chi connectivity index (χ2n) is 7.75. The van der Waals surface area contributed by atoms with Crippen molar-refractivity contribution in [3.05, 3.63) is 70.7 Å². The first kappa shape index (κ1) is 25.9. The first-order valence-corrected chi connectivity index (χ1v) is 10.6. The number of alkyl halides is 3. The Hall–Kier alpha value is -3.75. The van der Waals surface area contributed by atoms with Crippen LogP contribution in [0.4, 0.5) is 23.2 Å². The topological polar surface area (TPSA) is 121 Å². The maximum Gasteiger partial charge on any atom is 0.416 e. The van der Waals surface area contributed by atoms with E-state index in [1.807, 2.05) is 6.07 Å². The van der Waals surface area contributed by atoms with Crippen molar-refractivity contribution in [1.82, 2.24) is 0 Å². The van der Waals surface area contributed by atoms with Crippen molar-refractivity contribution in [2.24, 2.45) is 10.7 Å². The van der Waals surface area contributed by atoms with E-state index in [4.69, 9.17) is 10.5 Å². The smallest absolute Gasteiger partial charge is 0.404 e. The lowest BCUT2D eigenvalue weighted by atomic mass is 9.99. The number of aliphatic hydroxyl groups is 1. The number of anilines is 1. The van der Waals surface area contributed by atoms with Gasteiger partial charge in [0.05, 0.1) is 23.2 Å². The largest absolute Gasteiger partial charge is 0.416 e. The number of carbonyl (C=O) groups is 1. The predicted molar refractivity (Wildman–Crippen MR) is 121 cm³/mol. The number of aliphatic hydroxyl groups excluding tert-OH is 1. The number of nitrogens with one attached hydrogen (secondary N) is 1. The fourth-order valence-corrected chi connectivity index (χ4v) is 3.52. The average molecular weight is 490 g/mol. The molecular formula is C24H22F4N4O3. The zero-order valence-electron chi connectivity index (χ0n) is 18.3. The zero-order chi connectivity index (χ0) is 25.6. The van der Waals surface area contributed by atoms with Crippen LogP contribution in [0.25, 0.3) is 5.57 Å². The third kappa shape index (κ3) is 6.44. The Kier molecular flexibility index (Phi) is 8.22. The van der Waals surface area contributed by atoms with Crippen molar-refractivity contribution in [2.45, 2.75) is 31.2 Å². The van der Waals surface area contributed by atoms with Crippen LogP contribution in [-0.2, 0) is 15.7 Å². The Balaban J connectivity index is 1.81. The molecule has 0 aromatic heterocycles. The van der Waals surface area contributed by atoms with E-state index in [1.54, 1.807) is 0 Å². The van der Waals surface area contributed by atoms with Gasteiger partial charge in [0.2, 0.25) is 0 Å². The molecule has 2 aromatic rings. The molecule has 35 heavy (non-hydrogen) atoms. The summed E-state index contributed by atoms with van der Waals surface area (Å²) in [7, 11) is 0. The number of nitriles is 1. The highest BCUT2D eigenvalue weighted by molar-refractivity contribution is 6.11. The summed E-state index contributed by atoms with van der Waals surface area (Å²) in [6, 6.07) is 7.54. The number of benzene rings is 2. The summed E-state index contributed by atoms with van der Waals surface area (Å²) in [4.78, 5) is 16.8. The summed E-state index contributed by atoms with van der Waals surface area (Å²) in [5, 5.41) is 22.0. The van der Waals surface area contributed by atoms with E-state index in [-0.39, 0.29) is 34.0 Å². The lowest BCUT2D eigenvalue weighted by Gasteiger charge is -2.18. The van der Waals surface area contributed by atoms with Crippen molar-refractivity contribution < 1.29 is 32.2 Å². The number of amides is 1. The van der Waals surface area contributed by atoms with Gasteiger partial charge in [-0.25, -0.2) is 4.39 Å². The third-order valence-corrected chi connectivity index (χ3v) is 5.34. The van der Waals surface area contributed by atoms with Gasteiger partial charge in [-0.05, 0) is 42.7 Å². The molecule has 0 saturated carbocycles. The minimum Gasteiger partial charge on any atom is -0.404 e. The summed E-state index contributed by atoms with van der Waals surface area (Å²) in [5.41, 5.74) is 4.01. The van der Waals surface area contributed by atoms with Gasteiger partial charge in [-0.3, -0.25) is 9.79 Å². The van der Waals surface area contributed by atoms with E-state index in [9.17, 15) is 32.7 Å². The molecule has 0 spiro atoms. The van der Waals surface area contributed by atoms with Gasteiger partial charge >= 0.3 is 6.18 Å². The van der Waals surface area contributed by atoms with E-state index in [0.717, 1.165) is 30.5 Å². The molecule has 3 rings (SSSR count). The van der Waals surface area contributed by atoms with Gasteiger partial charge in [0.15, 0.2) is 6.10 Å². The number of hydrogen-bond donors (Lipinski definition) is 3. The van der Waals surface area contributed by atoms with Crippen LogP contribution in [0.3, 0.4) is 0 Å². The zero-order valence-corrected chi connectivity index (χ0v) is 18.3. The van der Waals surface area contributed by atoms with E-state index in [2.05, 4.69) is 10.3 Å². The first-order chi connectivity index (χ1) is 16.6. The fourth-order valence-electron chi connectivity index (χ4n) is 3.52. The highest BCUT2D eigenvalue weighted by Gasteiger charge is 2.31. The van der Waals surface area contributed by atoms with Gasteiger partial charge in [-0.1, -0.05) is 12.1 Å². The molecule has 1 aliphatic rings. The second kappa shape index (κ2) is 11.1. The van der Waals surface area contributed by atoms with Crippen molar-refractivity contribution >= 4 is 23.4 Å². The number of ether oxygens (including phenoxy) is 1. The summed E-state index contributed by atoms with van der Waals surface area (Å²) in [5.74, 6) is -1.99. The van der Waals surface area contributed by atoms with Gasteiger partial charge in [-0.15, -0.1) is 0 Å². The van der Waals surface area contributed by atoms with Crippen LogP contribution in [0.5, 0.6) is 0 Å². The maximum absolute atomic E-state index is 15.0. The molecule has 0 radical (unpaired) electrons. The van der Waals surface area contributed by atoms with Crippen LogP contribution < -0.4 is 11.1 Å². The van der Waals surface area contributed by atoms with Gasteiger partial charge in [0.1, 0.15) is 5.82 Å². The van der Waals surface area contributed by atoms with E-state index in [1.165, 1.54) is 12.3 Å². The molecule has 1 aliphatic heterocycles. The molecule has 1 fully saturated rings. The monoisotopic (exact) mass is 490 g/mol. The number of halogens is 4. The summed E-state index contributed by atoms with van der Waals surface area (Å²) in [6.07, 6.45) is -2.74. The Morgan fingerprint density at radius 2 is 2.00 bits per heavy atom. The molecular weight excluding hydrogens is 468 g/mol. The van der Waals surface area contributed by atoms with E-state index < -0.39 is 29.6 Å². The van der Waals surface area contributed by atoms with E-state index >= 15 is 0 Å². The number of carbonyl (C=O) groups excluding carboxylic acids is 1. The van der Waals surface area contributed by atoms with Crippen LogP contribution in [0.15, 0.2) is 47.6 Å². The van der Waals surface area contributed by atoms with Gasteiger partial charge in [0, 0.05) is 42.5 Å². The molecule has 1 saturated heterocycles. The normalized spacial score (nSPS) is 16.2. The summed E-state index contributed by atoms with van der Waals surface area (Å²) >= 11 is 0. The lowest BCUT2D eigenvalue weighted by Crippen LogP contribution is -2.21. The molecule has 1 unspecified atom stereocenters. The molecule has 4 N–H and O–H groups in total. The number of aliphatic imine (C=N–C) groups is 1. The maximum atomic E-state index is 15.0. The van der Waals surface area contributed by atoms with Gasteiger partial charge in [-0.2, -0.15) is 18.4 Å².